The van der Waals surface area contributed by atoms with Crippen LogP contribution in [0.2, 0.25) is 5.02 Å². The molecule has 20 heavy (non-hydrogen) atoms. The van der Waals surface area contributed by atoms with Gasteiger partial charge in [-0.25, -0.2) is 0 Å². The van der Waals surface area contributed by atoms with Crippen molar-refractivity contribution in [1.82, 2.24) is 10.2 Å². The van der Waals surface area contributed by atoms with Gasteiger partial charge in [-0.1, -0.05) is 11.6 Å². The molecule has 6 heteroatoms. The summed E-state index contributed by atoms with van der Waals surface area (Å²) < 4.78 is 0. The molecule has 1 unspecified atom stereocenters. The topological polar surface area (TPSA) is 49.4 Å². The molecule has 1 heterocycles. The van der Waals surface area contributed by atoms with Crippen LogP contribution >= 0.6 is 23.4 Å². The predicted molar refractivity (Wildman–Crippen MR) is 81.0 cm³/mol. The normalized spacial score (nSPS) is 18.8. The van der Waals surface area contributed by atoms with Crippen LogP contribution in [0.3, 0.4) is 0 Å². The molecule has 0 spiro atoms. The van der Waals surface area contributed by atoms with Crippen LogP contribution in [0.5, 0.6) is 0 Å². The zero-order valence-corrected chi connectivity index (χ0v) is 12.8. The van der Waals surface area contributed by atoms with Gasteiger partial charge in [0.15, 0.2) is 0 Å². The van der Waals surface area contributed by atoms with E-state index in [2.05, 4.69) is 5.32 Å². The number of halogens is 1. The molecule has 1 aromatic carbocycles. The third-order valence-electron chi connectivity index (χ3n) is 3.22. The maximum Gasteiger partial charge on any atom is 0.242 e. The lowest BCUT2D eigenvalue weighted by molar-refractivity contribution is -0.142. The van der Waals surface area contributed by atoms with E-state index in [9.17, 15) is 9.59 Å². The lowest BCUT2D eigenvalue weighted by Crippen LogP contribution is -2.55. The molecule has 4 nitrogen and oxygen atoms in total. The van der Waals surface area contributed by atoms with Crippen LogP contribution in [0.25, 0.3) is 0 Å². The van der Waals surface area contributed by atoms with Crippen molar-refractivity contribution in [1.29, 1.82) is 0 Å². The molecule has 1 aliphatic heterocycles. The first-order valence-corrected chi connectivity index (χ1v) is 7.90. The van der Waals surface area contributed by atoms with Crippen molar-refractivity contribution in [3.8, 4) is 0 Å². The van der Waals surface area contributed by atoms with Crippen molar-refractivity contribution < 1.29 is 9.59 Å². The number of benzene rings is 1. The Morgan fingerprint density at radius 2 is 2.15 bits per heavy atom. The highest BCUT2D eigenvalue weighted by Crippen LogP contribution is 2.21. The highest BCUT2D eigenvalue weighted by Gasteiger charge is 2.28. The van der Waals surface area contributed by atoms with E-state index in [1.807, 2.05) is 24.3 Å². The zero-order valence-electron chi connectivity index (χ0n) is 11.3. The molecule has 1 fully saturated rings. The molecule has 0 aromatic heterocycles. The first-order chi connectivity index (χ1) is 9.58. The number of nitrogens with zero attached hydrogens (tertiary/aromatic N) is 1. The van der Waals surface area contributed by atoms with Gasteiger partial charge in [0.05, 0.1) is 0 Å². The number of rotatable bonds is 4. The van der Waals surface area contributed by atoms with E-state index in [1.165, 1.54) is 0 Å². The Morgan fingerprint density at radius 3 is 2.85 bits per heavy atom. The van der Waals surface area contributed by atoms with Crippen molar-refractivity contribution in [2.24, 2.45) is 0 Å². The van der Waals surface area contributed by atoms with Crippen LogP contribution in [0.15, 0.2) is 29.2 Å². The van der Waals surface area contributed by atoms with E-state index in [4.69, 9.17) is 11.6 Å². The maximum absolute atomic E-state index is 12.1. The molecule has 1 saturated heterocycles. The molecule has 0 saturated carbocycles. The highest BCUT2D eigenvalue weighted by molar-refractivity contribution is 7.99. The van der Waals surface area contributed by atoms with Crippen LogP contribution in [0.1, 0.15) is 13.3 Å². The summed E-state index contributed by atoms with van der Waals surface area (Å²) in [6.07, 6.45) is 0.435. The minimum Gasteiger partial charge on any atom is -0.353 e. The van der Waals surface area contributed by atoms with Crippen LogP contribution in [0.4, 0.5) is 0 Å². The number of hydrogen-bond acceptors (Lipinski definition) is 3. The van der Waals surface area contributed by atoms with Crippen molar-refractivity contribution in [3.63, 3.8) is 0 Å². The number of nitrogens with one attached hydrogen (secondary N) is 1. The van der Waals surface area contributed by atoms with Gasteiger partial charge in [0, 0.05) is 35.2 Å². The van der Waals surface area contributed by atoms with Crippen molar-refractivity contribution in [2.45, 2.75) is 24.3 Å². The van der Waals surface area contributed by atoms with Gasteiger partial charge in [0.2, 0.25) is 11.8 Å². The summed E-state index contributed by atoms with van der Waals surface area (Å²) in [6.45, 7) is 2.90. The Balaban J connectivity index is 1.80. The van der Waals surface area contributed by atoms with E-state index < -0.39 is 0 Å². The quantitative estimate of drug-likeness (QED) is 0.867. The summed E-state index contributed by atoms with van der Waals surface area (Å²) in [5.41, 5.74) is 0. The minimum atomic E-state index is -0.364. The van der Waals surface area contributed by atoms with Gasteiger partial charge in [-0.05, 0) is 31.2 Å². The molecule has 2 amide bonds. The summed E-state index contributed by atoms with van der Waals surface area (Å²) >= 11 is 7.44. The molecule has 0 aliphatic carbocycles. The molecule has 2 rings (SSSR count). The fourth-order valence-corrected chi connectivity index (χ4v) is 3.02. The third kappa shape index (κ3) is 3.90. The number of piperazine rings is 1. The number of amides is 2. The smallest absolute Gasteiger partial charge is 0.242 e. The monoisotopic (exact) mass is 312 g/mol. The van der Waals surface area contributed by atoms with Gasteiger partial charge in [-0.2, -0.15) is 0 Å². The molecule has 1 aliphatic rings. The first kappa shape index (κ1) is 15.2. The Kier molecular flexibility index (Phi) is 5.31. The van der Waals surface area contributed by atoms with Crippen LogP contribution in [-0.2, 0) is 9.59 Å². The van der Waals surface area contributed by atoms with Crippen molar-refractivity contribution in [2.75, 3.05) is 18.8 Å². The lowest BCUT2D eigenvalue weighted by Gasteiger charge is -2.32. The van der Waals surface area contributed by atoms with Gasteiger partial charge in [0.25, 0.3) is 0 Å². The first-order valence-electron chi connectivity index (χ1n) is 6.53. The number of carbonyl (C=O) groups excluding carboxylic acids is 2. The number of thioether (sulfide) groups is 1. The average molecular weight is 313 g/mol. The van der Waals surface area contributed by atoms with Gasteiger partial charge in [-0.3, -0.25) is 9.59 Å². The third-order valence-corrected chi connectivity index (χ3v) is 4.48. The highest BCUT2D eigenvalue weighted by atomic mass is 35.5. The molecule has 108 valence electrons. The van der Waals surface area contributed by atoms with Gasteiger partial charge >= 0.3 is 0 Å². The Labute approximate surface area is 127 Å². The molecule has 1 N–H and O–H groups in total. The molecular weight excluding hydrogens is 296 g/mol. The van der Waals surface area contributed by atoms with Gasteiger partial charge in [0.1, 0.15) is 6.04 Å². The molecular formula is C14H17ClN2O2S. The second-order valence-electron chi connectivity index (χ2n) is 4.61. The van der Waals surface area contributed by atoms with Crippen LogP contribution in [-0.4, -0.2) is 41.6 Å². The van der Waals surface area contributed by atoms with E-state index in [0.717, 1.165) is 4.90 Å². The summed E-state index contributed by atoms with van der Waals surface area (Å²) in [4.78, 5) is 26.4. The second-order valence-corrected chi connectivity index (χ2v) is 6.21. The molecule has 0 bridgehead atoms. The Hall–Kier alpha value is -1.20. The predicted octanol–water partition coefficient (Wildman–Crippen LogP) is 2.17. The van der Waals surface area contributed by atoms with Crippen LogP contribution in [0, 0.1) is 0 Å². The summed E-state index contributed by atoms with van der Waals surface area (Å²) in [6, 6.07) is 7.19. The fraction of sp³-hybridized carbons (Fsp3) is 0.429. The summed E-state index contributed by atoms with van der Waals surface area (Å²) in [5.74, 6) is 0.662. The van der Waals surface area contributed by atoms with E-state index in [-0.39, 0.29) is 17.9 Å². The average Bonchev–Trinajstić information content (AvgIpc) is 2.44. The van der Waals surface area contributed by atoms with Gasteiger partial charge < -0.3 is 10.2 Å². The lowest BCUT2D eigenvalue weighted by atomic mass is 10.2. The van der Waals surface area contributed by atoms with Crippen molar-refractivity contribution in [3.05, 3.63) is 29.3 Å². The second kappa shape index (κ2) is 6.99. The SMILES string of the molecule is CC1C(=O)NCCN1C(=O)CCSc1ccc(Cl)cc1. The standard InChI is InChI=1S/C14H17ClN2O2S/c1-10-14(19)16-7-8-17(10)13(18)6-9-20-12-4-2-11(15)3-5-12/h2-5,10H,6-9H2,1H3,(H,16,19). The molecule has 0 radical (unpaired) electrons. The molecule has 1 aromatic rings. The van der Waals surface area contributed by atoms with Gasteiger partial charge in [-0.15, -0.1) is 11.8 Å². The fourth-order valence-electron chi connectivity index (χ4n) is 2.05. The molecule has 1 atom stereocenters. The van der Waals surface area contributed by atoms with E-state index in [1.54, 1.807) is 23.6 Å². The minimum absolute atomic E-state index is 0.0359. The van der Waals surface area contributed by atoms with E-state index in [0.29, 0.717) is 30.3 Å². The maximum atomic E-state index is 12.1. The number of carbonyl (C=O) groups is 2. The Bertz CT molecular complexity index is 492. The number of hydrogen-bond donors (Lipinski definition) is 1. The summed E-state index contributed by atoms with van der Waals surface area (Å²) in [5, 5.41) is 3.46. The summed E-state index contributed by atoms with van der Waals surface area (Å²) in [7, 11) is 0. The largest absolute Gasteiger partial charge is 0.353 e. The zero-order chi connectivity index (χ0) is 14.5. The Morgan fingerprint density at radius 1 is 1.45 bits per heavy atom. The van der Waals surface area contributed by atoms with Crippen LogP contribution < -0.4 is 5.32 Å². The van der Waals surface area contributed by atoms with Crippen molar-refractivity contribution >= 4 is 35.2 Å². The van der Waals surface area contributed by atoms with E-state index >= 15 is 0 Å².